The van der Waals surface area contributed by atoms with Crippen molar-refractivity contribution in [1.29, 1.82) is 0 Å². The van der Waals surface area contributed by atoms with E-state index in [1.165, 1.54) is 36.2 Å². The van der Waals surface area contributed by atoms with Crippen molar-refractivity contribution in [2.45, 2.75) is 25.7 Å². The number of non-ortho nitro benzene ring substituents is 1. The minimum Gasteiger partial charge on any atom is -0.371 e. The van der Waals surface area contributed by atoms with E-state index in [0.29, 0.717) is 12.1 Å². The fourth-order valence-electron chi connectivity index (χ4n) is 3.49. The van der Waals surface area contributed by atoms with Gasteiger partial charge in [0.1, 0.15) is 0 Å². The van der Waals surface area contributed by atoms with E-state index in [2.05, 4.69) is 23.1 Å². The Hall–Kier alpha value is -2.60. The van der Waals surface area contributed by atoms with Crippen molar-refractivity contribution in [1.82, 2.24) is 4.90 Å². The van der Waals surface area contributed by atoms with Crippen LogP contribution in [0.3, 0.4) is 0 Å². The maximum Gasteiger partial charge on any atom is 0.269 e. The second-order valence-corrected chi connectivity index (χ2v) is 6.99. The summed E-state index contributed by atoms with van der Waals surface area (Å²) < 4.78 is 0. The fourth-order valence-corrected chi connectivity index (χ4v) is 3.49. The first-order chi connectivity index (χ1) is 13.0. The predicted octanol–water partition coefficient (Wildman–Crippen LogP) is 3.86. The first kappa shape index (κ1) is 21.7. The molecule has 2 aromatic rings. The molecule has 1 aliphatic rings. The molecule has 0 N–H and O–H groups in total. The summed E-state index contributed by atoms with van der Waals surface area (Å²) in [6.07, 6.45) is 3.43. The van der Waals surface area contributed by atoms with Gasteiger partial charge >= 0.3 is 0 Å². The average Bonchev–Trinajstić information content (AvgIpc) is 3.21. The number of hydrogen-bond donors (Lipinski definition) is 0. The van der Waals surface area contributed by atoms with Crippen molar-refractivity contribution in [2.24, 2.45) is 0 Å². The predicted molar refractivity (Wildman–Crippen MR) is 113 cm³/mol. The Labute approximate surface area is 171 Å². The quantitative estimate of drug-likeness (QED) is 0.520. The summed E-state index contributed by atoms with van der Waals surface area (Å²) in [5.41, 5.74) is 3.21. The minimum absolute atomic E-state index is 0. The number of para-hydroxylation sites is 1. The highest BCUT2D eigenvalue weighted by Gasteiger charge is 2.17. The van der Waals surface area contributed by atoms with Crippen LogP contribution in [-0.2, 0) is 17.6 Å². The molecule has 2 aromatic carbocycles. The average molecular weight is 404 g/mol. The summed E-state index contributed by atoms with van der Waals surface area (Å²) in [7, 11) is 1.79. The first-order valence-electron chi connectivity index (χ1n) is 9.35. The molecule has 0 unspecified atom stereocenters. The molecule has 1 heterocycles. The van der Waals surface area contributed by atoms with Crippen LogP contribution in [0.1, 0.15) is 24.0 Å². The highest BCUT2D eigenvalue weighted by Crippen LogP contribution is 2.25. The van der Waals surface area contributed by atoms with Crippen molar-refractivity contribution >= 4 is 29.7 Å². The van der Waals surface area contributed by atoms with Crippen LogP contribution in [-0.4, -0.2) is 42.4 Å². The van der Waals surface area contributed by atoms with E-state index in [1.54, 1.807) is 24.1 Å². The van der Waals surface area contributed by atoms with Crippen LogP contribution in [0, 0.1) is 10.1 Å². The van der Waals surface area contributed by atoms with Gasteiger partial charge in [0.15, 0.2) is 0 Å². The fraction of sp³-hybridized carbons (Fsp3) is 0.381. The van der Waals surface area contributed by atoms with Gasteiger partial charge in [0.05, 0.1) is 11.3 Å². The number of nitrogens with zero attached hydrogens (tertiary/aromatic N) is 3. The molecule has 1 amide bonds. The molecule has 0 spiro atoms. The van der Waals surface area contributed by atoms with Crippen molar-refractivity contribution in [3.05, 3.63) is 69.8 Å². The molecule has 0 atom stereocenters. The van der Waals surface area contributed by atoms with Crippen molar-refractivity contribution in [3.63, 3.8) is 0 Å². The van der Waals surface area contributed by atoms with Gasteiger partial charge in [0, 0.05) is 44.5 Å². The monoisotopic (exact) mass is 403 g/mol. The molecular weight excluding hydrogens is 378 g/mol. The lowest BCUT2D eigenvalue weighted by Crippen LogP contribution is -2.30. The molecule has 0 aliphatic carbocycles. The lowest BCUT2D eigenvalue weighted by atomic mass is 10.1. The highest BCUT2D eigenvalue weighted by atomic mass is 35.5. The third-order valence-electron chi connectivity index (χ3n) is 5.06. The molecule has 0 saturated carbocycles. The van der Waals surface area contributed by atoms with E-state index in [1.807, 2.05) is 6.07 Å². The van der Waals surface area contributed by atoms with Crippen LogP contribution in [0.2, 0.25) is 0 Å². The number of likely N-dealkylation sites (N-methyl/N-ethyl adjacent to an activating group) is 1. The largest absolute Gasteiger partial charge is 0.371 e. The number of anilines is 1. The molecular formula is C21H26ClN3O3. The second-order valence-electron chi connectivity index (χ2n) is 6.99. The Morgan fingerprint density at radius 3 is 2.57 bits per heavy atom. The molecule has 150 valence electrons. The van der Waals surface area contributed by atoms with Gasteiger partial charge in [-0.15, -0.1) is 12.4 Å². The summed E-state index contributed by atoms with van der Waals surface area (Å²) in [6, 6.07) is 14.7. The van der Waals surface area contributed by atoms with E-state index in [0.717, 1.165) is 19.5 Å². The van der Waals surface area contributed by atoms with E-state index in [4.69, 9.17) is 0 Å². The first-order valence-corrected chi connectivity index (χ1v) is 9.35. The number of halogens is 1. The zero-order valence-electron chi connectivity index (χ0n) is 16.0. The SMILES string of the molecule is CN(CCc1ccccc1N1CCCC1)C(=O)Cc1cccc([N+](=O)[O-])c1.Cl. The zero-order chi connectivity index (χ0) is 19.2. The molecule has 7 heteroatoms. The topological polar surface area (TPSA) is 66.7 Å². The molecule has 1 aliphatic heterocycles. The number of carbonyl (C=O) groups excluding carboxylic acids is 1. The highest BCUT2D eigenvalue weighted by molar-refractivity contribution is 5.85. The lowest BCUT2D eigenvalue weighted by Gasteiger charge is -2.23. The Morgan fingerprint density at radius 1 is 1.14 bits per heavy atom. The standard InChI is InChI=1S/C21H25N3O3.ClH/c1-22(21(25)16-17-7-6-9-19(15-17)24(26)27)14-11-18-8-2-3-10-20(18)23-12-4-5-13-23;/h2-3,6-10,15H,4-5,11-14,16H2,1H3;1H. The van der Waals surface area contributed by atoms with Gasteiger partial charge in [-0.3, -0.25) is 14.9 Å². The Morgan fingerprint density at radius 2 is 1.86 bits per heavy atom. The maximum atomic E-state index is 12.5. The normalized spacial score (nSPS) is 13.1. The lowest BCUT2D eigenvalue weighted by molar-refractivity contribution is -0.384. The Balaban J connectivity index is 0.00000280. The van der Waals surface area contributed by atoms with Gasteiger partial charge < -0.3 is 9.80 Å². The summed E-state index contributed by atoms with van der Waals surface area (Å²) in [5, 5.41) is 10.9. The van der Waals surface area contributed by atoms with Gasteiger partial charge in [-0.1, -0.05) is 30.3 Å². The van der Waals surface area contributed by atoms with Crippen LogP contribution in [0.25, 0.3) is 0 Å². The van der Waals surface area contributed by atoms with E-state index < -0.39 is 4.92 Å². The van der Waals surface area contributed by atoms with Gasteiger partial charge in [-0.2, -0.15) is 0 Å². The summed E-state index contributed by atoms with van der Waals surface area (Å²) in [5.74, 6) is -0.0332. The minimum atomic E-state index is -0.438. The van der Waals surface area contributed by atoms with Crippen LogP contribution in [0.5, 0.6) is 0 Å². The van der Waals surface area contributed by atoms with E-state index >= 15 is 0 Å². The van der Waals surface area contributed by atoms with Gasteiger partial charge in [-0.25, -0.2) is 0 Å². The van der Waals surface area contributed by atoms with Crippen LogP contribution >= 0.6 is 12.4 Å². The summed E-state index contributed by atoms with van der Waals surface area (Å²) in [6.45, 7) is 2.82. The molecule has 28 heavy (non-hydrogen) atoms. The van der Waals surface area contributed by atoms with Gasteiger partial charge in [0.2, 0.25) is 5.91 Å². The van der Waals surface area contributed by atoms with Crippen LogP contribution in [0.4, 0.5) is 11.4 Å². The Kier molecular flexibility index (Phi) is 7.81. The summed E-state index contributed by atoms with van der Waals surface area (Å²) in [4.78, 5) is 27.1. The molecule has 0 radical (unpaired) electrons. The van der Waals surface area contributed by atoms with Gasteiger partial charge in [0.25, 0.3) is 5.69 Å². The van der Waals surface area contributed by atoms with Crippen LogP contribution < -0.4 is 4.90 Å². The molecule has 0 bridgehead atoms. The number of nitro groups is 1. The van der Waals surface area contributed by atoms with Crippen molar-refractivity contribution in [2.75, 3.05) is 31.6 Å². The van der Waals surface area contributed by atoms with Crippen molar-refractivity contribution < 1.29 is 9.72 Å². The van der Waals surface area contributed by atoms with Crippen LogP contribution in [0.15, 0.2) is 48.5 Å². The number of carbonyl (C=O) groups is 1. The number of hydrogen-bond acceptors (Lipinski definition) is 4. The molecule has 3 rings (SSSR count). The zero-order valence-corrected chi connectivity index (χ0v) is 16.9. The number of benzene rings is 2. The number of nitro benzene ring substituents is 1. The van der Waals surface area contributed by atoms with Crippen molar-refractivity contribution in [3.8, 4) is 0 Å². The third-order valence-corrected chi connectivity index (χ3v) is 5.06. The maximum absolute atomic E-state index is 12.5. The summed E-state index contributed by atoms with van der Waals surface area (Å²) >= 11 is 0. The van der Waals surface area contributed by atoms with E-state index in [9.17, 15) is 14.9 Å². The molecule has 1 saturated heterocycles. The number of rotatable bonds is 7. The third kappa shape index (κ3) is 5.45. The molecule has 0 aromatic heterocycles. The second kappa shape index (κ2) is 10.1. The Bertz CT molecular complexity index is 822. The van der Waals surface area contributed by atoms with Gasteiger partial charge in [-0.05, 0) is 36.5 Å². The smallest absolute Gasteiger partial charge is 0.269 e. The molecule has 1 fully saturated rings. The number of amides is 1. The van der Waals surface area contributed by atoms with E-state index in [-0.39, 0.29) is 30.4 Å². The molecule has 6 nitrogen and oxygen atoms in total.